The van der Waals surface area contributed by atoms with Crippen LogP contribution in [0.3, 0.4) is 0 Å². The zero-order valence-corrected chi connectivity index (χ0v) is 12.9. The van der Waals surface area contributed by atoms with E-state index in [-0.39, 0.29) is 5.91 Å². The van der Waals surface area contributed by atoms with Crippen molar-refractivity contribution in [3.63, 3.8) is 0 Å². The van der Waals surface area contributed by atoms with E-state index in [4.69, 9.17) is 11.6 Å². The monoisotopic (exact) mass is 305 g/mol. The van der Waals surface area contributed by atoms with Gasteiger partial charge in [0.1, 0.15) is 0 Å². The fourth-order valence-electron chi connectivity index (χ4n) is 2.49. The number of amides is 1. The SMILES string of the molecule is CC(=O)NCCn1cc(Cl)c2ccc(CNC3CC3)cc21. The highest BCUT2D eigenvalue weighted by Gasteiger charge is 2.20. The number of nitrogens with one attached hydrogen (secondary N) is 2. The average molecular weight is 306 g/mol. The van der Waals surface area contributed by atoms with Gasteiger partial charge < -0.3 is 15.2 Å². The highest BCUT2D eigenvalue weighted by atomic mass is 35.5. The molecular formula is C16H20ClN3O. The molecule has 1 aliphatic rings. The van der Waals surface area contributed by atoms with E-state index in [0.717, 1.165) is 29.0 Å². The Morgan fingerprint density at radius 1 is 1.43 bits per heavy atom. The first-order chi connectivity index (χ1) is 10.1. The quantitative estimate of drug-likeness (QED) is 0.862. The molecular weight excluding hydrogens is 286 g/mol. The summed E-state index contributed by atoms with van der Waals surface area (Å²) in [6.45, 7) is 3.76. The molecule has 1 fully saturated rings. The molecule has 1 aromatic heterocycles. The van der Waals surface area contributed by atoms with E-state index in [2.05, 4.69) is 33.4 Å². The molecule has 2 N–H and O–H groups in total. The van der Waals surface area contributed by atoms with Crippen LogP contribution in [-0.2, 0) is 17.9 Å². The van der Waals surface area contributed by atoms with E-state index in [0.29, 0.717) is 12.6 Å². The topological polar surface area (TPSA) is 46.1 Å². The molecule has 0 aliphatic heterocycles. The van der Waals surface area contributed by atoms with Crippen molar-refractivity contribution in [2.45, 2.75) is 38.9 Å². The summed E-state index contributed by atoms with van der Waals surface area (Å²) in [4.78, 5) is 11.0. The Kier molecular flexibility index (Phi) is 4.17. The number of benzene rings is 1. The van der Waals surface area contributed by atoms with Crippen molar-refractivity contribution in [1.82, 2.24) is 15.2 Å². The summed E-state index contributed by atoms with van der Waals surface area (Å²) in [7, 11) is 0. The summed E-state index contributed by atoms with van der Waals surface area (Å²) in [5.41, 5.74) is 2.39. The van der Waals surface area contributed by atoms with Crippen LogP contribution in [-0.4, -0.2) is 23.1 Å². The van der Waals surface area contributed by atoms with Crippen molar-refractivity contribution in [1.29, 1.82) is 0 Å². The van der Waals surface area contributed by atoms with Crippen molar-refractivity contribution >= 4 is 28.4 Å². The molecule has 4 nitrogen and oxygen atoms in total. The maximum absolute atomic E-state index is 11.0. The Balaban J connectivity index is 1.77. The highest BCUT2D eigenvalue weighted by molar-refractivity contribution is 6.35. The second kappa shape index (κ2) is 6.08. The van der Waals surface area contributed by atoms with Crippen LogP contribution in [0.15, 0.2) is 24.4 Å². The number of hydrogen-bond donors (Lipinski definition) is 2. The molecule has 0 unspecified atom stereocenters. The Labute approximate surface area is 129 Å². The third-order valence-electron chi connectivity index (χ3n) is 3.80. The molecule has 1 heterocycles. The van der Waals surface area contributed by atoms with E-state index in [9.17, 15) is 4.79 Å². The lowest BCUT2D eigenvalue weighted by molar-refractivity contribution is -0.118. The lowest BCUT2D eigenvalue weighted by Gasteiger charge is -2.08. The minimum Gasteiger partial charge on any atom is -0.355 e. The van der Waals surface area contributed by atoms with Gasteiger partial charge in [0.2, 0.25) is 5.91 Å². The number of hydrogen-bond acceptors (Lipinski definition) is 2. The lowest BCUT2D eigenvalue weighted by Crippen LogP contribution is -2.24. The van der Waals surface area contributed by atoms with Crippen molar-refractivity contribution in [2.75, 3.05) is 6.54 Å². The van der Waals surface area contributed by atoms with Gasteiger partial charge in [-0.2, -0.15) is 0 Å². The molecule has 0 radical (unpaired) electrons. The first-order valence-corrected chi connectivity index (χ1v) is 7.76. The third-order valence-corrected chi connectivity index (χ3v) is 4.10. The molecule has 1 aromatic carbocycles. The van der Waals surface area contributed by atoms with Crippen molar-refractivity contribution in [3.05, 3.63) is 35.0 Å². The summed E-state index contributed by atoms with van der Waals surface area (Å²) in [6.07, 6.45) is 4.52. The highest BCUT2D eigenvalue weighted by Crippen LogP contribution is 2.27. The molecule has 0 bridgehead atoms. The Bertz CT molecular complexity index is 661. The van der Waals surface area contributed by atoms with Crippen LogP contribution in [0.5, 0.6) is 0 Å². The van der Waals surface area contributed by atoms with E-state index in [1.165, 1.54) is 25.3 Å². The van der Waals surface area contributed by atoms with Gasteiger partial charge in [-0.25, -0.2) is 0 Å². The van der Waals surface area contributed by atoms with Crippen LogP contribution in [0, 0.1) is 0 Å². The average Bonchev–Trinajstić information content (AvgIpc) is 3.22. The van der Waals surface area contributed by atoms with Gasteiger partial charge in [-0.15, -0.1) is 0 Å². The van der Waals surface area contributed by atoms with Crippen molar-refractivity contribution < 1.29 is 4.79 Å². The minimum absolute atomic E-state index is 0.00752. The predicted octanol–water partition coefficient (Wildman–Crippen LogP) is 2.68. The number of carbonyl (C=O) groups is 1. The molecule has 1 aliphatic carbocycles. The van der Waals surface area contributed by atoms with Crippen LogP contribution in [0.25, 0.3) is 10.9 Å². The van der Waals surface area contributed by atoms with Crippen LogP contribution >= 0.6 is 11.6 Å². The molecule has 5 heteroatoms. The van der Waals surface area contributed by atoms with E-state index in [1.54, 1.807) is 0 Å². The smallest absolute Gasteiger partial charge is 0.216 e. The van der Waals surface area contributed by atoms with Crippen molar-refractivity contribution in [2.24, 2.45) is 0 Å². The fourth-order valence-corrected chi connectivity index (χ4v) is 2.77. The molecule has 0 atom stereocenters. The number of carbonyl (C=O) groups excluding carboxylic acids is 1. The molecule has 21 heavy (non-hydrogen) atoms. The van der Waals surface area contributed by atoms with Gasteiger partial charge in [-0.3, -0.25) is 4.79 Å². The van der Waals surface area contributed by atoms with Gasteiger partial charge in [0.25, 0.3) is 0 Å². The number of rotatable bonds is 6. The summed E-state index contributed by atoms with van der Waals surface area (Å²) in [5, 5.41) is 8.16. The third kappa shape index (κ3) is 3.57. The number of halogens is 1. The number of fused-ring (bicyclic) bond motifs is 1. The van der Waals surface area contributed by atoms with Crippen LogP contribution in [0.4, 0.5) is 0 Å². The second-order valence-corrected chi connectivity index (χ2v) is 6.07. The fraction of sp³-hybridized carbons (Fsp3) is 0.438. The van der Waals surface area contributed by atoms with Gasteiger partial charge in [-0.1, -0.05) is 23.7 Å². The molecule has 0 saturated heterocycles. The zero-order valence-electron chi connectivity index (χ0n) is 12.2. The first-order valence-electron chi connectivity index (χ1n) is 7.38. The van der Waals surface area contributed by atoms with Gasteiger partial charge in [-0.05, 0) is 24.5 Å². The summed E-state index contributed by atoms with van der Waals surface area (Å²) in [6, 6.07) is 7.10. The number of aromatic nitrogens is 1. The largest absolute Gasteiger partial charge is 0.355 e. The molecule has 1 saturated carbocycles. The lowest BCUT2D eigenvalue weighted by atomic mass is 10.1. The van der Waals surface area contributed by atoms with E-state index in [1.807, 2.05) is 6.20 Å². The van der Waals surface area contributed by atoms with Crippen LogP contribution < -0.4 is 10.6 Å². The van der Waals surface area contributed by atoms with Gasteiger partial charge >= 0.3 is 0 Å². The summed E-state index contributed by atoms with van der Waals surface area (Å²) < 4.78 is 2.11. The summed E-state index contributed by atoms with van der Waals surface area (Å²) >= 11 is 6.29. The normalized spacial score (nSPS) is 14.6. The van der Waals surface area contributed by atoms with Gasteiger partial charge in [0.05, 0.1) is 5.02 Å². The van der Waals surface area contributed by atoms with E-state index >= 15 is 0 Å². The Morgan fingerprint density at radius 3 is 2.95 bits per heavy atom. The predicted molar refractivity (Wildman–Crippen MR) is 85.5 cm³/mol. The minimum atomic E-state index is -0.00752. The Morgan fingerprint density at radius 2 is 2.24 bits per heavy atom. The maximum Gasteiger partial charge on any atom is 0.216 e. The maximum atomic E-state index is 11.0. The molecule has 3 rings (SSSR count). The molecule has 112 valence electrons. The number of nitrogens with zero attached hydrogens (tertiary/aromatic N) is 1. The molecule has 1 amide bonds. The van der Waals surface area contributed by atoms with E-state index < -0.39 is 0 Å². The first kappa shape index (κ1) is 14.4. The standard InChI is InChI=1S/C16H20ClN3O/c1-11(21)18-6-7-20-10-15(17)14-5-2-12(8-16(14)20)9-19-13-3-4-13/h2,5,8,10,13,19H,3-4,6-7,9H2,1H3,(H,18,21). The van der Waals surface area contributed by atoms with Crippen LogP contribution in [0.1, 0.15) is 25.3 Å². The molecule has 0 spiro atoms. The van der Waals surface area contributed by atoms with Crippen molar-refractivity contribution in [3.8, 4) is 0 Å². The molecule has 2 aromatic rings. The van der Waals surface area contributed by atoms with Gasteiger partial charge in [0.15, 0.2) is 0 Å². The summed E-state index contributed by atoms with van der Waals surface area (Å²) in [5.74, 6) is -0.00752. The van der Waals surface area contributed by atoms with Gasteiger partial charge in [0, 0.05) is 49.7 Å². The van der Waals surface area contributed by atoms with Crippen LogP contribution in [0.2, 0.25) is 5.02 Å². The second-order valence-electron chi connectivity index (χ2n) is 5.66. The zero-order chi connectivity index (χ0) is 14.8. The Hall–Kier alpha value is -1.52.